The predicted octanol–water partition coefficient (Wildman–Crippen LogP) is 2.71. The second kappa shape index (κ2) is 6.77. The number of pyridine rings is 1. The van der Waals surface area contributed by atoms with Gasteiger partial charge >= 0.3 is 0 Å². The van der Waals surface area contributed by atoms with Crippen molar-refractivity contribution >= 4 is 5.71 Å². The first-order valence-electron chi connectivity index (χ1n) is 8.81. The lowest BCUT2D eigenvalue weighted by molar-refractivity contribution is 0.242. The van der Waals surface area contributed by atoms with Gasteiger partial charge in [0.2, 0.25) is 0 Å². The molecule has 0 spiro atoms. The maximum Gasteiger partial charge on any atom is 0.173 e. The van der Waals surface area contributed by atoms with E-state index in [2.05, 4.69) is 32.9 Å². The van der Waals surface area contributed by atoms with Crippen molar-refractivity contribution in [3.63, 3.8) is 0 Å². The highest BCUT2D eigenvalue weighted by Crippen LogP contribution is 2.20. The van der Waals surface area contributed by atoms with Gasteiger partial charge in [0.15, 0.2) is 5.82 Å². The molecule has 2 aromatic rings. The van der Waals surface area contributed by atoms with Crippen LogP contribution in [0.4, 0.5) is 0 Å². The van der Waals surface area contributed by atoms with Crippen molar-refractivity contribution < 1.29 is 0 Å². The summed E-state index contributed by atoms with van der Waals surface area (Å²) in [6.45, 7) is 5.88. The first-order valence-corrected chi connectivity index (χ1v) is 8.81. The van der Waals surface area contributed by atoms with Crippen molar-refractivity contribution in [3.8, 4) is 0 Å². The van der Waals surface area contributed by atoms with Crippen molar-refractivity contribution in [3.05, 3.63) is 52.9 Å². The van der Waals surface area contributed by atoms with E-state index in [1.54, 1.807) is 0 Å². The number of fused-ring (bicyclic) bond motifs is 1. The molecule has 4 heterocycles. The van der Waals surface area contributed by atoms with Gasteiger partial charge in [0.1, 0.15) is 0 Å². The van der Waals surface area contributed by atoms with Gasteiger partial charge < -0.3 is 0 Å². The minimum atomic E-state index is 0.852. The highest BCUT2D eigenvalue weighted by atomic mass is 15.1. The summed E-state index contributed by atoms with van der Waals surface area (Å²) in [5.41, 5.74) is 5.97. The fourth-order valence-corrected chi connectivity index (χ4v) is 3.45. The molecule has 0 radical (unpaired) electrons. The van der Waals surface area contributed by atoms with E-state index in [0.29, 0.717) is 0 Å². The van der Waals surface area contributed by atoms with Crippen molar-refractivity contribution in [2.75, 3.05) is 13.1 Å². The van der Waals surface area contributed by atoms with Gasteiger partial charge in [-0.05, 0) is 37.8 Å². The Hall–Kier alpha value is -2.14. The smallest absolute Gasteiger partial charge is 0.173 e. The summed E-state index contributed by atoms with van der Waals surface area (Å²) < 4.78 is 0. The molecule has 0 unspecified atom stereocenters. The van der Waals surface area contributed by atoms with Gasteiger partial charge in [-0.2, -0.15) is 0 Å². The van der Waals surface area contributed by atoms with Gasteiger partial charge in [-0.15, -0.1) is 0 Å². The van der Waals surface area contributed by atoms with Gasteiger partial charge in [-0.3, -0.25) is 14.9 Å². The zero-order chi connectivity index (χ0) is 16.4. The Morgan fingerprint density at radius 2 is 2.12 bits per heavy atom. The second-order valence-electron chi connectivity index (χ2n) is 6.66. The lowest BCUT2D eigenvalue weighted by Crippen LogP contribution is -2.31. The van der Waals surface area contributed by atoms with Crippen LogP contribution in [0.15, 0.2) is 29.5 Å². The van der Waals surface area contributed by atoms with Crippen LogP contribution in [-0.4, -0.2) is 38.7 Å². The maximum atomic E-state index is 4.82. The van der Waals surface area contributed by atoms with E-state index < -0.39 is 0 Å². The van der Waals surface area contributed by atoms with E-state index in [1.807, 2.05) is 18.5 Å². The largest absolute Gasteiger partial charge is 0.294 e. The quantitative estimate of drug-likeness (QED) is 0.872. The summed E-state index contributed by atoms with van der Waals surface area (Å²) in [7, 11) is 0. The Morgan fingerprint density at radius 3 is 2.96 bits per heavy atom. The van der Waals surface area contributed by atoms with Gasteiger partial charge in [0.25, 0.3) is 0 Å². The SMILES string of the molecule is Cc1ncccc1CN1CCc2nc(C3=NCCCC3)ncc2C1. The molecule has 0 aliphatic carbocycles. The van der Waals surface area contributed by atoms with Gasteiger partial charge in [0, 0.05) is 56.3 Å². The predicted molar refractivity (Wildman–Crippen MR) is 94.1 cm³/mol. The number of aryl methyl sites for hydroxylation is 1. The van der Waals surface area contributed by atoms with Crippen molar-refractivity contribution in [1.29, 1.82) is 0 Å². The summed E-state index contributed by atoms with van der Waals surface area (Å²) in [5, 5.41) is 0. The minimum Gasteiger partial charge on any atom is -0.294 e. The molecule has 2 aliphatic rings. The van der Waals surface area contributed by atoms with Crippen LogP contribution in [0.1, 0.15) is 47.6 Å². The Kier molecular flexibility index (Phi) is 4.34. The molecule has 0 N–H and O–H groups in total. The van der Waals surface area contributed by atoms with Crippen LogP contribution in [0, 0.1) is 6.92 Å². The molecular formula is C19H23N5. The van der Waals surface area contributed by atoms with Crippen LogP contribution in [0.2, 0.25) is 0 Å². The van der Waals surface area contributed by atoms with Crippen LogP contribution >= 0.6 is 0 Å². The fourth-order valence-electron chi connectivity index (χ4n) is 3.45. The second-order valence-corrected chi connectivity index (χ2v) is 6.66. The summed E-state index contributed by atoms with van der Waals surface area (Å²) in [4.78, 5) is 20.9. The van der Waals surface area contributed by atoms with Crippen LogP contribution in [0.25, 0.3) is 0 Å². The molecule has 5 heteroatoms. The third-order valence-electron chi connectivity index (χ3n) is 4.91. The zero-order valence-corrected chi connectivity index (χ0v) is 14.2. The number of aliphatic imine (C=N–C) groups is 1. The van der Waals surface area contributed by atoms with E-state index >= 15 is 0 Å². The number of hydrogen-bond donors (Lipinski definition) is 0. The number of rotatable bonds is 3. The Bertz CT molecular complexity index is 768. The molecule has 2 aromatic heterocycles. The first-order chi connectivity index (χ1) is 11.8. The van der Waals surface area contributed by atoms with Crippen molar-refractivity contribution in [2.45, 2.75) is 45.7 Å². The average molecular weight is 321 g/mol. The molecule has 0 saturated carbocycles. The van der Waals surface area contributed by atoms with Crippen LogP contribution in [0.3, 0.4) is 0 Å². The van der Waals surface area contributed by atoms with E-state index in [1.165, 1.54) is 29.7 Å². The summed E-state index contributed by atoms with van der Waals surface area (Å²) in [6, 6.07) is 4.18. The van der Waals surface area contributed by atoms with Crippen LogP contribution in [-0.2, 0) is 19.5 Å². The highest BCUT2D eigenvalue weighted by Gasteiger charge is 2.20. The van der Waals surface area contributed by atoms with E-state index in [9.17, 15) is 0 Å². The Balaban J connectivity index is 1.49. The topological polar surface area (TPSA) is 54.3 Å². The molecule has 4 rings (SSSR count). The first kappa shape index (κ1) is 15.4. The highest BCUT2D eigenvalue weighted by molar-refractivity contribution is 5.97. The summed E-state index contributed by atoms with van der Waals surface area (Å²) >= 11 is 0. The Morgan fingerprint density at radius 1 is 1.17 bits per heavy atom. The van der Waals surface area contributed by atoms with Gasteiger partial charge in [-0.25, -0.2) is 9.97 Å². The average Bonchev–Trinajstić information content (AvgIpc) is 2.64. The summed E-state index contributed by atoms with van der Waals surface area (Å²) in [5.74, 6) is 0.852. The zero-order valence-electron chi connectivity index (χ0n) is 14.2. The standard InChI is InChI=1S/C19H23N5/c1-14-15(5-4-9-20-14)12-24-10-7-17-16(13-24)11-22-19(23-17)18-6-2-3-8-21-18/h4-5,9,11H,2-3,6-8,10,12-13H2,1H3. The molecule has 0 saturated heterocycles. The van der Waals surface area contributed by atoms with Crippen molar-refractivity contribution in [1.82, 2.24) is 19.9 Å². The number of hydrogen-bond acceptors (Lipinski definition) is 5. The van der Waals surface area contributed by atoms with E-state index in [4.69, 9.17) is 4.98 Å². The number of aromatic nitrogens is 3. The lowest BCUT2D eigenvalue weighted by Gasteiger charge is -2.28. The van der Waals surface area contributed by atoms with Crippen LogP contribution < -0.4 is 0 Å². The third kappa shape index (κ3) is 3.22. The maximum absolute atomic E-state index is 4.82. The molecule has 24 heavy (non-hydrogen) atoms. The molecule has 0 atom stereocenters. The molecule has 0 amide bonds. The van der Waals surface area contributed by atoms with E-state index in [0.717, 1.165) is 56.3 Å². The third-order valence-corrected chi connectivity index (χ3v) is 4.91. The molecular weight excluding hydrogens is 298 g/mol. The Labute approximate surface area is 142 Å². The van der Waals surface area contributed by atoms with Crippen LogP contribution in [0.5, 0.6) is 0 Å². The molecule has 0 fully saturated rings. The molecule has 0 bridgehead atoms. The fraction of sp³-hybridized carbons (Fsp3) is 0.474. The molecule has 0 aromatic carbocycles. The number of nitrogens with zero attached hydrogens (tertiary/aromatic N) is 5. The normalized spacial score (nSPS) is 18.1. The van der Waals surface area contributed by atoms with E-state index in [-0.39, 0.29) is 0 Å². The van der Waals surface area contributed by atoms with Crippen molar-refractivity contribution in [2.24, 2.45) is 4.99 Å². The lowest BCUT2D eigenvalue weighted by atomic mass is 10.0. The van der Waals surface area contributed by atoms with Gasteiger partial charge in [-0.1, -0.05) is 6.07 Å². The summed E-state index contributed by atoms with van der Waals surface area (Å²) in [6.07, 6.45) is 8.27. The molecule has 124 valence electrons. The molecule has 2 aliphatic heterocycles. The van der Waals surface area contributed by atoms with Gasteiger partial charge in [0.05, 0.1) is 11.4 Å². The molecule has 5 nitrogen and oxygen atoms in total. The monoisotopic (exact) mass is 321 g/mol. The minimum absolute atomic E-state index is 0.852.